The minimum Gasteiger partial charge on any atom is -0.342 e. The molecule has 10 heteroatoms. The van der Waals surface area contributed by atoms with E-state index in [2.05, 4.69) is 26.4 Å². The highest BCUT2D eigenvalue weighted by Crippen LogP contribution is 2.40. The Morgan fingerprint density at radius 2 is 2.15 bits per heavy atom. The van der Waals surface area contributed by atoms with Gasteiger partial charge in [0.25, 0.3) is 0 Å². The molecule has 1 aromatic rings. The Hall–Kier alpha value is -2.07. The Balaban J connectivity index is 1.39. The molecule has 0 aromatic carbocycles. The maximum absolute atomic E-state index is 13.0. The molecule has 4 rings (SSSR count). The zero-order valence-corrected chi connectivity index (χ0v) is 15.1. The SMILES string of the molecule is CCN1CC2(CCC1=O)CCN(C(=O)C1CNNC1n1cnnn1)CC2. The van der Waals surface area contributed by atoms with Gasteiger partial charge in [0.05, 0.1) is 5.92 Å². The summed E-state index contributed by atoms with van der Waals surface area (Å²) in [4.78, 5) is 29.0. The minimum absolute atomic E-state index is 0.136. The average Bonchev–Trinajstić information content (AvgIpc) is 3.35. The van der Waals surface area contributed by atoms with Gasteiger partial charge in [-0.25, -0.2) is 10.1 Å². The van der Waals surface area contributed by atoms with Crippen LogP contribution in [0.4, 0.5) is 0 Å². The number of rotatable bonds is 3. The molecule has 4 heterocycles. The first-order valence-electron chi connectivity index (χ1n) is 9.39. The number of hydrogen-bond donors (Lipinski definition) is 2. The molecular weight excluding hydrogens is 336 g/mol. The molecule has 2 atom stereocenters. The van der Waals surface area contributed by atoms with E-state index in [1.165, 1.54) is 6.33 Å². The van der Waals surface area contributed by atoms with E-state index in [0.29, 0.717) is 13.0 Å². The van der Waals surface area contributed by atoms with Gasteiger partial charge >= 0.3 is 0 Å². The molecule has 26 heavy (non-hydrogen) atoms. The third kappa shape index (κ3) is 3.07. The summed E-state index contributed by atoms with van der Waals surface area (Å²) >= 11 is 0. The van der Waals surface area contributed by atoms with Crippen LogP contribution in [-0.4, -0.2) is 74.5 Å². The van der Waals surface area contributed by atoms with Crippen LogP contribution in [0.3, 0.4) is 0 Å². The normalized spacial score (nSPS) is 28.7. The summed E-state index contributed by atoms with van der Waals surface area (Å²) in [6.45, 7) is 5.71. The first-order chi connectivity index (χ1) is 12.6. The number of hydrogen-bond acceptors (Lipinski definition) is 7. The molecular formula is C16H26N8O2. The number of amides is 2. The smallest absolute Gasteiger partial charge is 0.230 e. The summed E-state index contributed by atoms with van der Waals surface area (Å²) in [5.74, 6) is 0.175. The zero-order valence-electron chi connectivity index (χ0n) is 15.1. The molecule has 3 aliphatic heterocycles. The monoisotopic (exact) mass is 362 g/mol. The lowest BCUT2D eigenvalue weighted by Crippen LogP contribution is -2.53. The number of hydrazine groups is 1. The van der Waals surface area contributed by atoms with E-state index in [9.17, 15) is 9.59 Å². The first kappa shape index (κ1) is 17.3. The van der Waals surface area contributed by atoms with E-state index < -0.39 is 0 Å². The molecule has 2 amide bonds. The van der Waals surface area contributed by atoms with Crippen LogP contribution in [0.15, 0.2) is 6.33 Å². The summed E-state index contributed by atoms with van der Waals surface area (Å²) in [5, 5.41) is 11.2. The fourth-order valence-electron chi connectivity index (χ4n) is 4.49. The summed E-state index contributed by atoms with van der Waals surface area (Å²) in [6, 6.07) is 0. The molecule has 142 valence electrons. The summed E-state index contributed by atoms with van der Waals surface area (Å²) < 4.78 is 1.58. The molecule has 1 spiro atoms. The van der Waals surface area contributed by atoms with Crippen molar-refractivity contribution in [3.05, 3.63) is 6.33 Å². The quantitative estimate of drug-likeness (QED) is 0.721. The van der Waals surface area contributed by atoms with Crippen LogP contribution in [0.5, 0.6) is 0 Å². The van der Waals surface area contributed by atoms with Gasteiger partial charge in [0.2, 0.25) is 11.8 Å². The van der Waals surface area contributed by atoms with Gasteiger partial charge in [-0.3, -0.25) is 15.0 Å². The van der Waals surface area contributed by atoms with Gasteiger partial charge in [-0.1, -0.05) is 0 Å². The molecule has 3 aliphatic rings. The van der Waals surface area contributed by atoms with Crippen molar-refractivity contribution in [1.82, 2.24) is 40.9 Å². The molecule has 2 N–H and O–H groups in total. The number of aromatic nitrogens is 4. The number of nitrogens with one attached hydrogen (secondary N) is 2. The third-order valence-corrected chi connectivity index (χ3v) is 6.19. The molecule has 0 saturated carbocycles. The largest absolute Gasteiger partial charge is 0.342 e. The van der Waals surface area contributed by atoms with Crippen LogP contribution in [0.2, 0.25) is 0 Å². The van der Waals surface area contributed by atoms with Crippen molar-refractivity contribution in [2.24, 2.45) is 11.3 Å². The lowest BCUT2D eigenvalue weighted by Gasteiger charge is -2.47. The second kappa shape index (κ2) is 6.92. The predicted molar refractivity (Wildman–Crippen MR) is 91.2 cm³/mol. The van der Waals surface area contributed by atoms with E-state index in [-0.39, 0.29) is 29.3 Å². The predicted octanol–water partition coefficient (Wildman–Crippen LogP) is -0.853. The Bertz CT molecular complexity index is 655. The van der Waals surface area contributed by atoms with Crippen molar-refractivity contribution >= 4 is 11.8 Å². The van der Waals surface area contributed by atoms with Crippen molar-refractivity contribution in [2.75, 3.05) is 32.7 Å². The maximum Gasteiger partial charge on any atom is 0.230 e. The molecule has 3 saturated heterocycles. The molecule has 3 fully saturated rings. The minimum atomic E-state index is -0.267. The number of tetrazole rings is 1. The van der Waals surface area contributed by atoms with Crippen LogP contribution < -0.4 is 10.9 Å². The van der Waals surface area contributed by atoms with Crippen molar-refractivity contribution in [2.45, 2.75) is 38.8 Å². The Labute approximate surface area is 152 Å². The molecule has 0 aliphatic carbocycles. The summed E-state index contributed by atoms with van der Waals surface area (Å²) in [7, 11) is 0. The van der Waals surface area contributed by atoms with Gasteiger partial charge < -0.3 is 9.80 Å². The second-order valence-corrected chi connectivity index (χ2v) is 7.60. The van der Waals surface area contributed by atoms with Crippen LogP contribution in [0.1, 0.15) is 38.8 Å². The number of carbonyl (C=O) groups excluding carboxylic acids is 2. The zero-order chi connectivity index (χ0) is 18.1. The Morgan fingerprint density at radius 1 is 1.35 bits per heavy atom. The van der Waals surface area contributed by atoms with E-state index >= 15 is 0 Å². The van der Waals surface area contributed by atoms with Gasteiger partial charge in [0.15, 0.2) is 0 Å². The number of piperidine rings is 2. The highest BCUT2D eigenvalue weighted by Gasteiger charge is 2.44. The van der Waals surface area contributed by atoms with E-state index in [1.54, 1.807) is 4.68 Å². The maximum atomic E-state index is 13.0. The summed E-state index contributed by atoms with van der Waals surface area (Å²) in [5.41, 5.74) is 6.31. The van der Waals surface area contributed by atoms with Gasteiger partial charge in [-0.05, 0) is 42.0 Å². The van der Waals surface area contributed by atoms with E-state index in [1.807, 2.05) is 16.7 Å². The van der Waals surface area contributed by atoms with Gasteiger partial charge in [0.1, 0.15) is 12.5 Å². The fourth-order valence-corrected chi connectivity index (χ4v) is 4.49. The average molecular weight is 362 g/mol. The van der Waals surface area contributed by atoms with Gasteiger partial charge in [-0.2, -0.15) is 0 Å². The third-order valence-electron chi connectivity index (χ3n) is 6.19. The topological polar surface area (TPSA) is 108 Å². The van der Waals surface area contributed by atoms with E-state index in [4.69, 9.17) is 0 Å². The Morgan fingerprint density at radius 3 is 2.85 bits per heavy atom. The standard InChI is InChI=1S/C16H26N8O2/c1-2-22-10-16(4-3-13(22)25)5-7-23(8-6-16)15(26)12-9-17-19-14(12)24-11-18-20-21-24/h11-12,14,17,19H,2-10H2,1H3. The van der Waals surface area contributed by atoms with Crippen molar-refractivity contribution in [3.63, 3.8) is 0 Å². The van der Waals surface area contributed by atoms with Gasteiger partial charge in [-0.15, -0.1) is 5.10 Å². The van der Waals surface area contributed by atoms with Gasteiger partial charge in [0, 0.05) is 39.1 Å². The fraction of sp³-hybridized carbons (Fsp3) is 0.812. The van der Waals surface area contributed by atoms with Crippen LogP contribution in [0, 0.1) is 11.3 Å². The highest BCUT2D eigenvalue weighted by molar-refractivity contribution is 5.80. The summed E-state index contributed by atoms with van der Waals surface area (Å²) in [6.07, 6.45) is 4.77. The lowest BCUT2D eigenvalue weighted by atomic mass is 9.72. The van der Waals surface area contributed by atoms with E-state index in [0.717, 1.165) is 45.4 Å². The number of carbonyl (C=O) groups is 2. The van der Waals surface area contributed by atoms with Crippen molar-refractivity contribution in [1.29, 1.82) is 0 Å². The molecule has 10 nitrogen and oxygen atoms in total. The number of likely N-dealkylation sites (tertiary alicyclic amines) is 2. The second-order valence-electron chi connectivity index (χ2n) is 7.60. The van der Waals surface area contributed by atoms with Crippen molar-refractivity contribution < 1.29 is 9.59 Å². The molecule has 0 radical (unpaired) electrons. The Kier molecular flexibility index (Phi) is 4.62. The lowest BCUT2D eigenvalue weighted by molar-refractivity contribution is -0.144. The number of nitrogens with zero attached hydrogens (tertiary/aromatic N) is 6. The van der Waals surface area contributed by atoms with Crippen LogP contribution in [-0.2, 0) is 9.59 Å². The molecule has 2 unspecified atom stereocenters. The highest BCUT2D eigenvalue weighted by atomic mass is 16.2. The molecule has 0 bridgehead atoms. The van der Waals surface area contributed by atoms with Crippen LogP contribution >= 0.6 is 0 Å². The van der Waals surface area contributed by atoms with Crippen LogP contribution in [0.25, 0.3) is 0 Å². The first-order valence-corrected chi connectivity index (χ1v) is 9.39. The van der Waals surface area contributed by atoms with Crippen molar-refractivity contribution in [3.8, 4) is 0 Å². The molecule has 1 aromatic heterocycles.